The van der Waals surface area contributed by atoms with Crippen molar-refractivity contribution in [1.82, 2.24) is 20.1 Å². The van der Waals surface area contributed by atoms with Gasteiger partial charge in [-0.25, -0.2) is 0 Å². The molecule has 2 N–H and O–H groups in total. The van der Waals surface area contributed by atoms with Gasteiger partial charge < -0.3 is 10.4 Å². The number of amides is 1. The highest BCUT2D eigenvalue weighted by molar-refractivity contribution is 7.99. The molecule has 0 spiro atoms. The highest BCUT2D eigenvalue weighted by Crippen LogP contribution is 2.32. The lowest BCUT2D eigenvalue weighted by molar-refractivity contribution is -0.119. The summed E-state index contributed by atoms with van der Waals surface area (Å²) in [5.74, 6) is 1.50. The average Bonchev–Trinajstić information content (AvgIpc) is 3.18. The number of phenols is 1. The van der Waals surface area contributed by atoms with Gasteiger partial charge in [-0.3, -0.25) is 9.36 Å². The van der Waals surface area contributed by atoms with Crippen LogP contribution in [0.2, 0.25) is 0 Å². The van der Waals surface area contributed by atoms with Crippen LogP contribution in [0.3, 0.4) is 0 Å². The quantitative estimate of drug-likeness (QED) is 0.575. The minimum atomic E-state index is 0.0190. The summed E-state index contributed by atoms with van der Waals surface area (Å²) in [6.07, 6.45) is 4.64. The minimum Gasteiger partial charge on any atom is -0.507 e. The van der Waals surface area contributed by atoms with Gasteiger partial charge in [-0.2, -0.15) is 0 Å². The summed E-state index contributed by atoms with van der Waals surface area (Å²) in [6.45, 7) is 2.21. The number of thioether (sulfide) groups is 1. The van der Waals surface area contributed by atoms with Gasteiger partial charge in [0.15, 0.2) is 11.0 Å². The number of aromatic nitrogens is 3. The second-order valence-electron chi connectivity index (χ2n) is 7.72. The van der Waals surface area contributed by atoms with Crippen molar-refractivity contribution in [3.05, 3.63) is 54.6 Å². The van der Waals surface area contributed by atoms with E-state index < -0.39 is 0 Å². The number of hydrogen-bond acceptors (Lipinski definition) is 5. The number of rotatable bonds is 6. The number of phenolic OH excluding ortho intramolecular Hbond substituents is 1. The molecule has 7 heteroatoms. The SMILES string of the molecule is C[C@@H]1CCCC[C@@H]1NC(=O)CSc1nnc(-c2ccccc2O)n1-c1ccccc1. The molecule has 6 nitrogen and oxygen atoms in total. The second kappa shape index (κ2) is 9.34. The van der Waals surface area contributed by atoms with Crippen molar-refractivity contribution in [2.45, 2.75) is 43.8 Å². The summed E-state index contributed by atoms with van der Waals surface area (Å²) in [6, 6.07) is 17.1. The van der Waals surface area contributed by atoms with E-state index in [4.69, 9.17) is 0 Å². The molecule has 0 saturated heterocycles. The normalized spacial score (nSPS) is 18.8. The molecule has 1 aliphatic carbocycles. The van der Waals surface area contributed by atoms with Crippen LogP contribution in [0.1, 0.15) is 32.6 Å². The van der Waals surface area contributed by atoms with Crippen LogP contribution in [-0.4, -0.2) is 37.6 Å². The number of benzene rings is 2. The zero-order valence-electron chi connectivity index (χ0n) is 17.0. The van der Waals surface area contributed by atoms with Crippen molar-refractivity contribution >= 4 is 17.7 Å². The van der Waals surface area contributed by atoms with Crippen molar-refractivity contribution in [1.29, 1.82) is 0 Å². The first kappa shape index (κ1) is 20.5. The van der Waals surface area contributed by atoms with Gasteiger partial charge in [-0.05, 0) is 43.0 Å². The van der Waals surface area contributed by atoms with Gasteiger partial charge >= 0.3 is 0 Å². The molecule has 0 aliphatic heterocycles. The molecular formula is C23H26N4O2S. The smallest absolute Gasteiger partial charge is 0.230 e. The molecule has 156 valence electrons. The Hall–Kier alpha value is -2.80. The van der Waals surface area contributed by atoms with Crippen molar-refractivity contribution < 1.29 is 9.90 Å². The number of carbonyl (C=O) groups excluding carboxylic acids is 1. The monoisotopic (exact) mass is 422 g/mol. The van der Waals surface area contributed by atoms with E-state index in [0.717, 1.165) is 12.1 Å². The zero-order valence-corrected chi connectivity index (χ0v) is 17.8. The Kier molecular flexibility index (Phi) is 6.38. The van der Waals surface area contributed by atoms with Crippen molar-refractivity contribution in [2.24, 2.45) is 5.92 Å². The Balaban J connectivity index is 1.56. The first-order chi connectivity index (χ1) is 14.6. The number of para-hydroxylation sites is 2. The highest BCUT2D eigenvalue weighted by atomic mass is 32.2. The summed E-state index contributed by atoms with van der Waals surface area (Å²) < 4.78 is 1.89. The summed E-state index contributed by atoms with van der Waals surface area (Å²) in [5.41, 5.74) is 1.48. The van der Waals surface area contributed by atoms with Gasteiger partial charge in [0.2, 0.25) is 5.91 Å². The average molecular weight is 423 g/mol. The summed E-state index contributed by atoms with van der Waals surface area (Å²) in [5, 5.41) is 22.8. The largest absolute Gasteiger partial charge is 0.507 e. The van der Waals surface area contributed by atoms with Crippen molar-refractivity contribution in [3.8, 4) is 22.8 Å². The number of carbonyl (C=O) groups is 1. The van der Waals surface area contributed by atoms with Gasteiger partial charge in [-0.1, -0.05) is 61.9 Å². The third-order valence-corrected chi connectivity index (χ3v) is 6.51. The molecule has 30 heavy (non-hydrogen) atoms. The van der Waals surface area contributed by atoms with E-state index >= 15 is 0 Å². The first-order valence-corrected chi connectivity index (χ1v) is 11.3. The van der Waals surface area contributed by atoms with Crippen LogP contribution in [0, 0.1) is 5.92 Å². The Bertz CT molecular complexity index is 1010. The van der Waals surface area contributed by atoms with Crippen LogP contribution < -0.4 is 5.32 Å². The zero-order chi connectivity index (χ0) is 20.9. The predicted molar refractivity (Wildman–Crippen MR) is 119 cm³/mol. The first-order valence-electron chi connectivity index (χ1n) is 10.3. The van der Waals surface area contributed by atoms with Crippen LogP contribution in [-0.2, 0) is 4.79 Å². The highest BCUT2D eigenvalue weighted by Gasteiger charge is 2.24. The van der Waals surface area contributed by atoms with Gasteiger partial charge in [-0.15, -0.1) is 10.2 Å². The predicted octanol–water partition coefficient (Wildman–Crippen LogP) is 4.43. The molecule has 1 heterocycles. The van der Waals surface area contributed by atoms with Gasteiger partial charge in [0.05, 0.1) is 11.3 Å². The maximum atomic E-state index is 12.6. The topological polar surface area (TPSA) is 80.0 Å². The van der Waals surface area contributed by atoms with E-state index in [0.29, 0.717) is 22.5 Å². The van der Waals surface area contributed by atoms with E-state index in [1.807, 2.05) is 47.0 Å². The summed E-state index contributed by atoms with van der Waals surface area (Å²) in [7, 11) is 0. The Labute approximate surface area is 180 Å². The fourth-order valence-corrected chi connectivity index (χ4v) is 4.68. The molecule has 4 rings (SSSR count). The lowest BCUT2D eigenvalue weighted by Gasteiger charge is -2.29. The molecule has 2 aromatic carbocycles. The van der Waals surface area contributed by atoms with E-state index in [1.54, 1.807) is 12.1 Å². The molecule has 3 aromatic rings. The molecule has 0 radical (unpaired) electrons. The molecule has 0 unspecified atom stereocenters. The lowest BCUT2D eigenvalue weighted by atomic mass is 9.86. The third-order valence-electron chi connectivity index (χ3n) is 5.58. The minimum absolute atomic E-state index is 0.0190. The number of hydrogen-bond donors (Lipinski definition) is 2. The van der Waals surface area contributed by atoms with Crippen LogP contribution in [0.5, 0.6) is 5.75 Å². The fraction of sp³-hybridized carbons (Fsp3) is 0.348. The maximum absolute atomic E-state index is 12.6. The molecular weight excluding hydrogens is 396 g/mol. The molecule has 1 aromatic heterocycles. The summed E-state index contributed by atoms with van der Waals surface area (Å²) >= 11 is 1.36. The lowest BCUT2D eigenvalue weighted by Crippen LogP contribution is -2.41. The van der Waals surface area contributed by atoms with E-state index in [1.165, 1.54) is 31.0 Å². The third kappa shape index (κ3) is 4.51. The van der Waals surface area contributed by atoms with E-state index in [2.05, 4.69) is 22.4 Å². The van der Waals surface area contributed by atoms with E-state index in [9.17, 15) is 9.90 Å². The standard InChI is InChI=1S/C23H26N4O2S/c1-16-9-5-7-13-19(16)24-21(29)15-30-23-26-25-22(18-12-6-8-14-20(18)28)27(23)17-10-3-2-4-11-17/h2-4,6,8,10-12,14,16,19,28H,5,7,9,13,15H2,1H3,(H,24,29)/t16-,19+/m1/s1. The van der Waals surface area contributed by atoms with Crippen LogP contribution >= 0.6 is 11.8 Å². The molecule has 1 fully saturated rings. The number of nitrogens with zero attached hydrogens (tertiary/aromatic N) is 3. The van der Waals surface area contributed by atoms with Crippen LogP contribution in [0.25, 0.3) is 17.1 Å². The van der Waals surface area contributed by atoms with Gasteiger partial charge in [0.1, 0.15) is 5.75 Å². The number of aromatic hydroxyl groups is 1. The van der Waals surface area contributed by atoms with Gasteiger partial charge in [0, 0.05) is 11.7 Å². The van der Waals surface area contributed by atoms with Crippen molar-refractivity contribution in [3.63, 3.8) is 0 Å². The molecule has 1 saturated carbocycles. The maximum Gasteiger partial charge on any atom is 0.230 e. The Morgan fingerprint density at radius 3 is 2.60 bits per heavy atom. The number of nitrogens with one attached hydrogen (secondary N) is 1. The van der Waals surface area contributed by atoms with Crippen LogP contribution in [0.15, 0.2) is 59.8 Å². The molecule has 2 atom stereocenters. The Morgan fingerprint density at radius 1 is 1.10 bits per heavy atom. The Morgan fingerprint density at radius 2 is 1.83 bits per heavy atom. The molecule has 1 aliphatic rings. The fourth-order valence-electron chi connectivity index (χ4n) is 3.92. The van der Waals surface area contributed by atoms with Crippen molar-refractivity contribution in [2.75, 3.05) is 5.75 Å². The van der Waals surface area contributed by atoms with Crippen LogP contribution in [0.4, 0.5) is 0 Å². The van der Waals surface area contributed by atoms with E-state index in [-0.39, 0.29) is 23.5 Å². The second-order valence-corrected chi connectivity index (χ2v) is 8.66. The molecule has 1 amide bonds. The van der Waals surface area contributed by atoms with Gasteiger partial charge in [0.25, 0.3) is 0 Å². The summed E-state index contributed by atoms with van der Waals surface area (Å²) in [4.78, 5) is 12.6. The molecule has 0 bridgehead atoms.